The average molecular weight is 1180 g/mol. The molecule has 0 spiro atoms. The highest BCUT2D eigenvalue weighted by atomic mass is 35.5. The number of amides is 6. The van der Waals surface area contributed by atoms with E-state index in [1.54, 1.807) is 63.8 Å². The molecule has 28 heteroatoms. The lowest BCUT2D eigenvalue weighted by molar-refractivity contribution is -0.385. The SMILES string of the molecule is CC(C)(C)OC(=O)N1CCC(N)CC1.CC(C)(C)OC(=O)N1CCC(NC(=O)Nc2ccncc2)CC1.CC(C)(C)OC(=O)N1CCC(NC(=O)Oc2ccc([N+](=O)[O-])cc2)CC1.Nc1ccncc1.O=C(Cl)Oc1ccc([N+](=O)[O-])cc1. The number of ether oxygens (including phenoxy) is 5. The third-order valence-corrected chi connectivity index (χ3v) is 11.4. The van der Waals surface area contributed by atoms with Gasteiger partial charge in [-0.1, -0.05) is 0 Å². The minimum atomic E-state index is -0.978. The summed E-state index contributed by atoms with van der Waals surface area (Å²) in [4.78, 5) is 102. The molecule has 3 aliphatic rings. The molecule has 2 aromatic heterocycles. The van der Waals surface area contributed by atoms with Crippen molar-refractivity contribution in [2.24, 2.45) is 5.73 Å². The van der Waals surface area contributed by atoms with Crippen LogP contribution in [0.1, 0.15) is 101 Å². The molecule has 83 heavy (non-hydrogen) atoms. The monoisotopic (exact) mass is 1180 g/mol. The number of pyridine rings is 2. The summed E-state index contributed by atoms with van der Waals surface area (Å²) in [6.07, 6.45) is 9.42. The highest BCUT2D eigenvalue weighted by molar-refractivity contribution is 6.61. The van der Waals surface area contributed by atoms with E-state index >= 15 is 0 Å². The second kappa shape index (κ2) is 33.4. The number of nitrogen functional groups attached to an aromatic ring is 1. The van der Waals surface area contributed by atoms with E-state index in [-0.39, 0.29) is 65.3 Å². The summed E-state index contributed by atoms with van der Waals surface area (Å²) in [5, 5.41) is 29.2. The topological polar surface area (TPSA) is 358 Å². The zero-order valence-corrected chi connectivity index (χ0v) is 49.0. The number of halogens is 1. The third kappa shape index (κ3) is 29.6. The molecule has 27 nitrogen and oxygen atoms in total. The van der Waals surface area contributed by atoms with E-state index in [1.165, 1.54) is 48.5 Å². The van der Waals surface area contributed by atoms with Gasteiger partial charge in [0.1, 0.15) is 28.3 Å². The van der Waals surface area contributed by atoms with E-state index in [2.05, 4.69) is 30.7 Å². The van der Waals surface area contributed by atoms with Gasteiger partial charge in [-0.05, 0) is 149 Å². The van der Waals surface area contributed by atoms with Crippen molar-refractivity contribution in [3.8, 4) is 11.5 Å². The number of hydrogen-bond acceptors (Lipinski definition) is 19. The van der Waals surface area contributed by atoms with Gasteiger partial charge >= 0.3 is 35.8 Å². The van der Waals surface area contributed by atoms with Gasteiger partial charge in [0.25, 0.3) is 11.4 Å². The standard InChI is InChI=1S/C17H23N3O6.C16H24N4O3.C10H20N2O2.C7H4ClNO4.C5H6N2/c1-17(2,3)26-16(22)19-10-8-12(9-11-19)18-15(21)25-14-6-4-13(5-7-14)20(23)24;1-16(2,3)23-15(22)20-10-6-13(7-11-20)19-14(21)18-12-4-8-17-9-5-12;1-10(2,3)14-9(13)12-6-4-8(11)5-7-12;8-7(10)13-6-3-1-5(2-4-6)9(11)12;6-5-1-3-7-4-2-5/h4-7,12H,8-11H2,1-3H3,(H,18,21);4-5,8-9,13H,6-7,10-11H2,1-3H3,(H2,17,18,19,21);8H,4-7,11H2,1-3H3;1-4H;1-4H,(H2,6,7). The number of likely N-dealkylation sites (tertiary alicyclic amines) is 3. The number of carbonyl (C=O) groups excluding carboxylic acids is 6. The van der Waals surface area contributed by atoms with Crippen LogP contribution in [0, 0.1) is 20.2 Å². The van der Waals surface area contributed by atoms with E-state index in [9.17, 15) is 49.0 Å². The Balaban J connectivity index is 0.000000288. The Hall–Kier alpha value is -8.59. The summed E-state index contributed by atoms with van der Waals surface area (Å²) in [7, 11) is 0. The molecule has 3 aliphatic heterocycles. The Morgan fingerprint density at radius 3 is 1.20 bits per heavy atom. The molecular formula is C55H77ClN12O15. The van der Waals surface area contributed by atoms with Crippen LogP contribution in [0.5, 0.6) is 11.5 Å². The second-order valence-corrected chi connectivity index (χ2v) is 22.1. The fourth-order valence-corrected chi connectivity index (χ4v) is 7.38. The first-order valence-corrected chi connectivity index (χ1v) is 26.9. The summed E-state index contributed by atoms with van der Waals surface area (Å²) < 4.78 is 25.5. The molecule has 0 aliphatic carbocycles. The molecule has 6 amide bonds. The number of non-ortho nitro benzene ring substituents is 2. The first-order valence-electron chi connectivity index (χ1n) is 26.5. The number of aromatic nitrogens is 2. The van der Waals surface area contributed by atoms with Crippen LogP contribution in [0.4, 0.5) is 51.5 Å². The number of benzene rings is 2. The van der Waals surface area contributed by atoms with Gasteiger partial charge in [0.15, 0.2) is 0 Å². The highest BCUT2D eigenvalue weighted by Gasteiger charge is 2.30. The first-order chi connectivity index (χ1) is 38.8. The fraction of sp³-hybridized carbons (Fsp3) is 0.491. The number of urea groups is 1. The molecular weight excluding hydrogens is 1100 g/mol. The second-order valence-electron chi connectivity index (χ2n) is 21.8. The number of carbonyl (C=O) groups is 6. The minimum Gasteiger partial charge on any atom is -0.444 e. The van der Waals surface area contributed by atoms with Crippen LogP contribution in [-0.4, -0.2) is 145 Å². The normalized spacial score (nSPS) is 14.7. The molecule has 0 atom stereocenters. The summed E-state index contributed by atoms with van der Waals surface area (Å²) >= 11 is 4.92. The maximum atomic E-state index is 12.0. The fourth-order valence-electron chi connectivity index (χ4n) is 7.29. The largest absolute Gasteiger partial charge is 0.444 e. The number of nitrogens with two attached hydrogens (primary N) is 2. The molecule has 4 aromatic rings. The molecule has 7 rings (SSSR count). The lowest BCUT2D eigenvalue weighted by Gasteiger charge is -2.33. The van der Waals surface area contributed by atoms with Crippen molar-refractivity contribution in [1.29, 1.82) is 0 Å². The molecule has 2 aromatic carbocycles. The Morgan fingerprint density at radius 2 is 0.880 bits per heavy atom. The molecule has 3 saturated heterocycles. The van der Waals surface area contributed by atoms with Crippen LogP contribution in [-0.2, 0) is 14.2 Å². The lowest BCUT2D eigenvalue weighted by atomic mass is 10.1. The number of anilines is 2. The molecule has 3 fully saturated rings. The molecule has 0 bridgehead atoms. The minimum absolute atomic E-state index is 0.0514. The Kier molecular flexibility index (Phi) is 27.6. The Labute approximate surface area is 487 Å². The zero-order valence-electron chi connectivity index (χ0n) is 48.2. The van der Waals surface area contributed by atoms with E-state index in [0.717, 1.165) is 31.6 Å². The van der Waals surface area contributed by atoms with Crippen LogP contribution in [0.25, 0.3) is 0 Å². The van der Waals surface area contributed by atoms with Crippen molar-refractivity contribution in [3.63, 3.8) is 0 Å². The van der Waals surface area contributed by atoms with Crippen molar-refractivity contribution in [2.45, 2.75) is 136 Å². The van der Waals surface area contributed by atoms with Gasteiger partial charge in [-0.3, -0.25) is 30.2 Å². The number of nitrogens with one attached hydrogen (secondary N) is 3. The molecule has 0 saturated carbocycles. The maximum Gasteiger partial charge on any atom is 0.412 e. The van der Waals surface area contributed by atoms with Crippen LogP contribution in [0.2, 0.25) is 0 Å². The van der Waals surface area contributed by atoms with E-state index < -0.39 is 38.2 Å². The average Bonchev–Trinajstić information content (AvgIpc) is 3.47. The van der Waals surface area contributed by atoms with Crippen molar-refractivity contribution in [1.82, 2.24) is 35.3 Å². The van der Waals surface area contributed by atoms with Gasteiger partial charge in [-0.15, -0.1) is 0 Å². The van der Waals surface area contributed by atoms with Crippen LogP contribution >= 0.6 is 11.6 Å². The Morgan fingerprint density at radius 1 is 0.542 bits per heavy atom. The predicted octanol–water partition coefficient (Wildman–Crippen LogP) is 10.0. The van der Waals surface area contributed by atoms with Crippen molar-refractivity contribution >= 4 is 70.2 Å². The van der Waals surface area contributed by atoms with E-state index in [0.29, 0.717) is 57.5 Å². The van der Waals surface area contributed by atoms with E-state index in [4.69, 9.17) is 42.0 Å². The number of nitrogens with zero attached hydrogens (tertiary/aromatic N) is 7. The number of rotatable bonds is 7. The van der Waals surface area contributed by atoms with E-state index in [1.807, 2.05) is 62.3 Å². The lowest BCUT2D eigenvalue weighted by Crippen LogP contribution is -2.48. The summed E-state index contributed by atoms with van der Waals surface area (Å²) in [6.45, 7) is 20.2. The summed E-state index contributed by atoms with van der Waals surface area (Å²) in [6, 6.07) is 17.2. The maximum absolute atomic E-state index is 12.0. The van der Waals surface area contributed by atoms with Crippen molar-refractivity contribution in [3.05, 3.63) is 118 Å². The molecule has 5 heterocycles. The van der Waals surface area contributed by atoms with Crippen LogP contribution in [0.15, 0.2) is 97.6 Å². The molecule has 7 N–H and O–H groups in total. The number of piperidine rings is 3. The quantitative estimate of drug-likeness (QED) is 0.0497. The number of hydrogen-bond donors (Lipinski definition) is 5. The highest BCUT2D eigenvalue weighted by Crippen LogP contribution is 2.21. The van der Waals surface area contributed by atoms with Gasteiger partial charge in [-0.2, -0.15) is 0 Å². The first kappa shape index (κ1) is 68.7. The van der Waals surface area contributed by atoms with Gasteiger partial charge in [0.2, 0.25) is 0 Å². The van der Waals surface area contributed by atoms with Gasteiger partial charge in [-0.25, -0.2) is 28.8 Å². The summed E-state index contributed by atoms with van der Waals surface area (Å²) in [5.41, 5.74) is 9.95. The van der Waals surface area contributed by atoms with Crippen LogP contribution in [0.3, 0.4) is 0 Å². The summed E-state index contributed by atoms with van der Waals surface area (Å²) in [5.74, 6) is 0.393. The van der Waals surface area contributed by atoms with Gasteiger partial charge < -0.3 is 65.8 Å². The zero-order chi connectivity index (χ0) is 61.9. The smallest absolute Gasteiger partial charge is 0.412 e. The van der Waals surface area contributed by atoms with Crippen molar-refractivity contribution < 1.29 is 62.3 Å². The molecule has 0 unspecified atom stereocenters. The number of nitro benzene ring substituents is 2. The predicted molar refractivity (Wildman–Crippen MR) is 309 cm³/mol. The third-order valence-electron chi connectivity index (χ3n) is 11.3. The van der Waals surface area contributed by atoms with Crippen molar-refractivity contribution in [2.75, 3.05) is 50.3 Å². The van der Waals surface area contributed by atoms with Crippen LogP contribution < -0.4 is 36.9 Å². The van der Waals surface area contributed by atoms with Gasteiger partial charge in [0, 0.05) is 129 Å². The Bertz CT molecular complexity index is 2690. The molecule has 454 valence electrons. The van der Waals surface area contributed by atoms with Gasteiger partial charge in [0.05, 0.1) is 9.85 Å². The molecule has 0 radical (unpaired) electrons. The number of nitro groups is 2.